The molecule has 0 unspecified atom stereocenters. The Hall–Kier alpha value is -3.28. The van der Waals surface area contributed by atoms with Crippen LogP contribution in [0.2, 0.25) is 0 Å². The van der Waals surface area contributed by atoms with E-state index in [0.717, 1.165) is 38.8 Å². The van der Waals surface area contributed by atoms with Crippen molar-refractivity contribution in [2.75, 3.05) is 22.7 Å². The predicted octanol–water partition coefficient (Wildman–Crippen LogP) is 4.90. The number of anilines is 2. The molecule has 1 aliphatic heterocycles. The minimum atomic E-state index is -5.08. The summed E-state index contributed by atoms with van der Waals surface area (Å²) >= 11 is 0. The predicted molar refractivity (Wildman–Crippen MR) is 124 cm³/mol. The van der Waals surface area contributed by atoms with Crippen LogP contribution in [0.3, 0.4) is 0 Å². The van der Waals surface area contributed by atoms with E-state index in [4.69, 9.17) is 9.90 Å². The van der Waals surface area contributed by atoms with E-state index in [2.05, 4.69) is 9.62 Å². The summed E-state index contributed by atoms with van der Waals surface area (Å²) in [5, 5.41) is 16.8. The summed E-state index contributed by atoms with van der Waals surface area (Å²) in [6.45, 7) is 3.35. The standard InChI is InChI=1S/C21H26N2O4S.C2HF3O2/c1-16-9-5-6-10-20(16)28(26,27)22-17-11-12-19(18(15-17)21(24)25)23-13-7-3-2-4-8-14-23;3-2(4,5)1(6)7/h5-6,9-12,15,22H,2-4,7-8,13-14H2,1H3,(H,24,25);(H,6,7). The number of aliphatic carboxylic acids is 1. The lowest BCUT2D eigenvalue weighted by molar-refractivity contribution is -0.192. The van der Waals surface area contributed by atoms with E-state index in [1.54, 1.807) is 37.3 Å². The van der Waals surface area contributed by atoms with Gasteiger partial charge in [-0.3, -0.25) is 4.72 Å². The Morgan fingerprint density at radius 2 is 1.49 bits per heavy atom. The summed E-state index contributed by atoms with van der Waals surface area (Å²) in [6.07, 6.45) is 0.487. The lowest BCUT2D eigenvalue weighted by atomic mass is 10.1. The first-order chi connectivity index (χ1) is 16.3. The largest absolute Gasteiger partial charge is 0.490 e. The number of hydrogen-bond donors (Lipinski definition) is 3. The van der Waals surface area contributed by atoms with Crippen LogP contribution in [-0.4, -0.2) is 49.8 Å². The molecule has 0 radical (unpaired) electrons. The van der Waals surface area contributed by atoms with Crippen LogP contribution in [0.1, 0.15) is 48.0 Å². The van der Waals surface area contributed by atoms with E-state index in [1.807, 2.05) is 0 Å². The van der Waals surface area contributed by atoms with Crippen molar-refractivity contribution in [1.82, 2.24) is 0 Å². The molecule has 1 aliphatic rings. The quantitative estimate of drug-likeness (QED) is 0.516. The number of benzene rings is 2. The molecule has 0 amide bonds. The number of sulfonamides is 1. The first-order valence-electron chi connectivity index (χ1n) is 10.8. The maximum Gasteiger partial charge on any atom is 0.490 e. The average Bonchev–Trinajstić information content (AvgIpc) is 2.73. The molecule has 2 aromatic carbocycles. The zero-order valence-electron chi connectivity index (χ0n) is 19.0. The van der Waals surface area contributed by atoms with Crippen LogP contribution >= 0.6 is 0 Å². The van der Waals surface area contributed by atoms with Gasteiger partial charge in [0.2, 0.25) is 0 Å². The fourth-order valence-corrected chi connectivity index (χ4v) is 4.90. The Morgan fingerprint density at radius 3 is 2.00 bits per heavy atom. The topological polar surface area (TPSA) is 124 Å². The number of rotatable bonds is 5. The molecular formula is C23H27F3N2O6S. The number of carboxylic acid groups (broad SMARTS) is 2. The fourth-order valence-electron chi connectivity index (χ4n) is 3.60. The molecule has 1 saturated heterocycles. The Bertz CT molecular complexity index is 1140. The van der Waals surface area contributed by atoms with Gasteiger partial charge in [-0.15, -0.1) is 0 Å². The molecule has 1 fully saturated rings. The van der Waals surface area contributed by atoms with Crippen LogP contribution < -0.4 is 9.62 Å². The average molecular weight is 517 g/mol. The SMILES string of the molecule is Cc1ccccc1S(=O)(=O)Nc1ccc(N2CCCCCCC2)c(C(=O)O)c1.O=C(O)C(F)(F)F. The molecule has 3 N–H and O–H groups in total. The number of carbonyl (C=O) groups is 2. The summed E-state index contributed by atoms with van der Waals surface area (Å²) in [6, 6.07) is 11.4. The molecule has 0 atom stereocenters. The smallest absolute Gasteiger partial charge is 0.478 e. The number of alkyl halides is 3. The molecule has 0 spiro atoms. The first-order valence-corrected chi connectivity index (χ1v) is 12.3. The molecule has 1 heterocycles. The van der Waals surface area contributed by atoms with Crippen LogP contribution in [0.15, 0.2) is 47.4 Å². The van der Waals surface area contributed by atoms with Crippen molar-refractivity contribution in [3.63, 3.8) is 0 Å². The van der Waals surface area contributed by atoms with Crippen LogP contribution in [0.25, 0.3) is 0 Å². The van der Waals surface area contributed by atoms with Crippen LogP contribution in [-0.2, 0) is 14.8 Å². The highest BCUT2D eigenvalue weighted by molar-refractivity contribution is 7.92. The maximum absolute atomic E-state index is 12.7. The van der Waals surface area contributed by atoms with Gasteiger partial charge in [-0.05, 0) is 49.6 Å². The molecule has 0 bridgehead atoms. The van der Waals surface area contributed by atoms with Gasteiger partial charge in [0.15, 0.2) is 0 Å². The number of hydrogen-bond acceptors (Lipinski definition) is 5. The normalized spacial score (nSPS) is 14.7. The van der Waals surface area contributed by atoms with Crippen molar-refractivity contribution in [3.8, 4) is 0 Å². The molecule has 35 heavy (non-hydrogen) atoms. The minimum absolute atomic E-state index is 0.116. The second kappa shape index (κ2) is 11.9. The molecule has 12 heteroatoms. The first kappa shape index (κ1) is 28.0. The van der Waals surface area contributed by atoms with Gasteiger partial charge in [0, 0.05) is 18.8 Å². The van der Waals surface area contributed by atoms with Crippen molar-refractivity contribution in [3.05, 3.63) is 53.6 Å². The fraction of sp³-hybridized carbons (Fsp3) is 0.391. The van der Waals surface area contributed by atoms with E-state index in [0.29, 0.717) is 11.3 Å². The van der Waals surface area contributed by atoms with E-state index < -0.39 is 28.1 Å². The molecule has 8 nitrogen and oxygen atoms in total. The van der Waals surface area contributed by atoms with Crippen molar-refractivity contribution in [1.29, 1.82) is 0 Å². The number of nitrogens with one attached hydrogen (secondary N) is 1. The zero-order valence-corrected chi connectivity index (χ0v) is 19.8. The number of aromatic carboxylic acids is 1. The van der Waals surface area contributed by atoms with Crippen LogP contribution in [0.5, 0.6) is 0 Å². The Kier molecular flexibility index (Phi) is 9.52. The third-order valence-electron chi connectivity index (χ3n) is 5.30. The van der Waals surface area contributed by atoms with Crippen LogP contribution in [0, 0.1) is 6.92 Å². The molecule has 3 rings (SSSR count). The molecular weight excluding hydrogens is 489 g/mol. The summed E-state index contributed by atoms with van der Waals surface area (Å²) in [5.74, 6) is -3.82. The highest BCUT2D eigenvalue weighted by Crippen LogP contribution is 2.28. The van der Waals surface area contributed by atoms with Gasteiger partial charge < -0.3 is 15.1 Å². The van der Waals surface area contributed by atoms with E-state index >= 15 is 0 Å². The van der Waals surface area contributed by atoms with E-state index in [-0.39, 0.29) is 16.1 Å². The lowest BCUT2D eigenvalue weighted by Gasteiger charge is -2.28. The van der Waals surface area contributed by atoms with Crippen molar-refractivity contribution in [2.24, 2.45) is 0 Å². The molecule has 0 aromatic heterocycles. The summed E-state index contributed by atoms with van der Waals surface area (Å²) in [5.41, 5.74) is 1.64. The second-order valence-corrected chi connectivity index (χ2v) is 9.62. The number of halogens is 3. The van der Waals surface area contributed by atoms with E-state index in [9.17, 15) is 31.5 Å². The Balaban J connectivity index is 0.000000540. The summed E-state index contributed by atoms with van der Waals surface area (Å²) in [7, 11) is -3.79. The van der Waals surface area contributed by atoms with Gasteiger partial charge >= 0.3 is 18.1 Å². The van der Waals surface area contributed by atoms with E-state index in [1.165, 1.54) is 18.6 Å². The number of aryl methyl sites for hydroxylation is 1. The second-order valence-electron chi connectivity index (χ2n) is 7.97. The van der Waals surface area contributed by atoms with Crippen LogP contribution in [0.4, 0.5) is 24.5 Å². The van der Waals surface area contributed by atoms with Gasteiger partial charge in [0.05, 0.1) is 16.1 Å². The monoisotopic (exact) mass is 516 g/mol. The van der Waals surface area contributed by atoms with Gasteiger partial charge in [0.1, 0.15) is 0 Å². The van der Waals surface area contributed by atoms with Crippen molar-refractivity contribution >= 4 is 33.3 Å². The Labute approximate surface area is 201 Å². The van der Waals surface area contributed by atoms with Gasteiger partial charge in [-0.25, -0.2) is 18.0 Å². The Morgan fingerprint density at radius 1 is 0.943 bits per heavy atom. The summed E-state index contributed by atoms with van der Waals surface area (Å²) < 4.78 is 59.7. The van der Waals surface area contributed by atoms with Crippen molar-refractivity contribution < 1.29 is 41.4 Å². The molecule has 192 valence electrons. The number of nitrogens with zero attached hydrogens (tertiary/aromatic N) is 1. The third-order valence-corrected chi connectivity index (χ3v) is 6.84. The minimum Gasteiger partial charge on any atom is -0.478 e. The zero-order chi connectivity index (χ0) is 26.2. The highest BCUT2D eigenvalue weighted by atomic mass is 32.2. The molecule has 2 aromatic rings. The summed E-state index contributed by atoms with van der Waals surface area (Å²) in [4.78, 5) is 23.0. The van der Waals surface area contributed by atoms with Gasteiger partial charge in [-0.2, -0.15) is 13.2 Å². The molecule has 0 saturated carbocycles. The van der Waals surface area contributed by atoms with Crippen molar-refractivity contribution in [2.45, 2.75) is 50.1 Å². The molecule has 0 aliphatic carbocycles. The highest BCUT2D eigenvalue weighted by Gasteiger charge is 2.38. The third kappa shape index (κ3) is 8.16. The maximum atomic E-state index is 12.7. The van der Waals surface area contributed by atoms with Gasteiger partial charge in [0.25, 0.3) is 10.0 Å². The lowest BCUT2D eigenvalue weighted by Crippen LogP contribution is -2.28. The van der Waals surface area contributed by atoms with Gasteiger partial charge in [-0.1, -0.05) is 37.5 Å². The number of carboxylic acids is 2.